The summed E-state index contributed by atoms with van der Waals surface area (Å²) in [5, 5.41) is 16.4. The fraction of sp³-hybridized carbons (Fsp3) is 0.333. The van der Waals surface area contributed by atoms with E-state index in [0.29, 0.717) is 0 Å². The Morgan fingerprint density at radius 2 is 1.95 bits per heavy atom. The maximum Gasteiger partial charge on any atom is 0.310 e. The van der Waals surface area contributed by atoms with Crippen molar-refractivity contribution in [2.24, 2.45) is 7.05 Å². The van der Waals surface area contributed by atoms with Crippen LogP contribution in [0.4, 0.5) is 0 Å². The Balaban J connectivity index is 1.86. The van der Waals surface area contributed by atoms with Crippen LogP contribution in [0.15, 0.2) is 36.7 Å². The van der Waals surface area contributed by atoms with Gasteiger partial charge in [-0.15, -0.1) is 0 Å². The predicted octanol–water partition coefficient (Wildman–Crippen LogP) is 1.90. The van der Waals surface area contributed by atoms with E-state index in [1.165, 1.54) is 0 Å². The lowest BCUT2D eigenvalue weighted by molar-refractivity contribution is -0.138. The number of aromatic nitrogens is 2. The standard InChI is InChI=1S/C15H19N3O2/c1-11(15(19)20)14-5-3-12(4-6-14)7-16-8-13-9-17-18(2)10-13/h3-6,9-11,16H,7-8H2,1-2H3,(H,19,20). The van der Waals surface area contributed by atoms with Gasteiger partial charge in [-0.3, -0.25) is 9.48 Å². The zero-order valence-corrected chi connectivity index (χ0v) is 11.7. The lowest BCUT2D eigenvalue weighted by atomic mass is 10.00. The summed E-state index contributed by atoms with van der Waals surface area (Å²) in [6.45, 7) is 3.20. The van der Waals surface area contributed by atoms with Gasteiger partial charge < -0.3 is 10.4 Å². The highest BCUT2D eigenvalue weighted by Crippen LogP contribution is 2.16. The normalized spacial score (nSPS) is 12.3. The number of aryl methyl sites for hydroxylation is 1. The van der Waals surface area contributed by atoms with Crippen LogP contribution < -0.4 is 5.32 Å². The molecule has 2 aromatic rings. The van der Waals surface area contributed by atoms with Crippen molar-refractivity contribution in [2.45, 2.75) is 25.9 Å². The molecule has 1 heterocycles. The topological polar surface area (TPSA) is 67.2 Å². The third kappa shape index (κ3) is 3.68. The van der Waals surface area contributed by atoms with E-state index < -0.39 is 11.9 Å². The monoisotopic (exact) mass is 273 g/mol. The second kappa shape index (κ2) is 6.34. The van der Waals surface area contributed by atoms with E-state index in [-0.39, 0.29) is 0 Å². The summed E-state index contributed by atoms with van der Waals surface area (Å²) in [7, 11) is 1.89. The number of hydrogen-bond donors (Lipinski definition) is 2. The van der Waals surface area contributed by atoms with Gasteiger partial charge in [-0.2, -0.15) is 5.10 Å². The Morgan fingerprint density at radius 3 is 2.50 bits per heavy atom. The van der Waals surface area contributed by atoms with E-state index in [4.69, 9.17) is 5.11 Å². The smallest absolute Gasteiger partial charge is 0.310 e. The van der Waals surface area contributed by atoms with Crippen molar-refractivity contribution >= 4 is 5.97 Å². The molecule has 0 amide bonds. The summed E-state index contributed by atoms with van der Waals surface area (Å²) >= 11 is 0. The zero-order chi connectivity index (χ0) is 14.5. The Morgan fingerprint density at radius 1 is 1.30 bits per heavy atom. The summed E-state index contributed by atoms with van der Waals surface area (Å²) in [4.78, 5) is 10.9. The van der Waals surface area contributed by atoms with E-state index in [1.807, 2.05) is 43.7 Å². The summed E-state index contributed by atoms with van der Waals surface area (Å²) < 4.78 is 1.78. The number of nitrogens with one attached hydrogen (secondary N) is 1. The zero-order valence-electron chi connectivity index (χ0n) is 11.7. The Bertz CT molecular complexity index is 575. The van der Waals surface area contributed by atoms with Gasteiger partial charge in [-0.25, -0.2) is 0 Å². The van der Waals surface area contributed by atoms with Crippen LogP contribution in [0.3, 0.4) is 0 Å². The Hall–Kier alpha value is -2.14. The molecule has 20 heavy (non-hydrogen) atoms. The van der Waals surface area contributed by atoms with Crippen molar-refractivity contribution in [3.05, 3.63) is 53.3 Å². The van der Waals surface area contributed by atoms with Gasteiger partial charge in [0.15, 0.2) is 0 Å². The molecule has 2 N–H and O–H groups in total. The first-order valence-electron chi connectivity index (χ1n) is 6.56. The van der Waals surface area contributed by atoms with Gasteiger partial charge in [0.1, 0.15) is 0 Å². The van der Waals surface area contributed by atoms with Crippen LogP contribution in [0, 0.1) is 0 Å². The fourth-order valence-corrected chi connectivity index (χ4v) is 1.98. The summed E-state index contributed by atoms with van der Waals surface area (Å²) in [6.07, 6.45) is 3.81. The molecule has 0 fully saturated rings. The fourth-order valence-electron chi connectivity index (χ4n) is 1.98. The van der Waals surface area contributed by atoms with E-state index >= 15 is 0 Å². The molecule has 0 saturated carbocycles. The van der Waals surface area contributed by atoms with Crippen molar-refractivity contribution in [3.8, 4) is 0 Å². The molecule has 5 heteroatoms. The highest BCUT2D eigenvalue weighted by molar-refractivity contribution is 5.75. The average molecular weight is 273 g/mol. The SMILES string of the molecule is CC(C(=O)O)c1ccc(CNCc2cnn(C)c2)cc1. The lowest BCUT2D eigenvalue weighted by Crippen LogP contribution is -2.12. The van der Waals surface area contributed by atoms with Crippen LogP contribution >= 0.6 is 0 Å². The van der Waals surface area contributed by atoms with E-state index in [1.54, 1.807) is 11.6 Å². The van der Waals surface area contributed by atoms with Crippen LogP contribution in [0.1, 0.15) is 29.5 Å². The van der Waals surface area contributed by atoms with Gasteiger partial charge in [-0.1, -0.05) is 24.3 Å². The van der Waals surface area contributed by atoms with Crippen LogP contribution in [0.5, 0.6) is 0 Å². The number of carbonyl (C=O) groups is 1. The molecule has 2 rings (SSSR count). The van der Waals surface area contributed by atoms with Crippen LogP contribution in [-0.4, -0.2) is 20.9 Å². The molecule has 1 unspecified atom stereocenters. The predicted molar refractivity (Wildman–Crippen MR) is 76.2 cm³/mol. The first-order valence-corrected chi connectivity index (χ1v) is 6.56. The summed E-state index contributed by atoms with van der Waals surface area (Å²) in [6, 6.07) is 7.68. The van der Waals surface area contributed by atoms with Crippen LogP contribution in [-0.2, 0) is 24.9 Å². The van der Waals surface area contributed by atoms with Crippen molar-refractivity contribution < 1.29 is 9.90 Å². The second-order valence-corrected chi connectivity index (χ2v) is 4.93. The Kier molecular flexibility index (Phi) is 4.53. The molecular weight excluding hydrogens is 254 g/mol. The van der Waals surface area contributed by atoms with Gasteiger partial charge in [0.05, 0.1) is 12.1 Å². The summed E-state index contributed by atoms with van der Waals surface area (Å²) in [5.41, 5.74) is 3.10. The highest BCUT2D eigenvalue weighted by Gasteiger charge is 2.12. The largest absolute Gasteiger partial charge is 0.481 e. The Labute approximate surface area is 118 Å². The van der Waals surface area contributed by atoms with Crippen molar-refractivity contribution in [1.82, 2.24) is 15.1 Å². The molecule has 0 saturated heterocycles. The molecule has 1 atom stereocenters. The third-order valence-corrected chi connectivity index (χ3v) is 3.27. The van der Waals surface area contributed by atoms with Gasteiger partial charge in [-0.05, 0) is 18.1 Å². The molecule has 1 aromatic carbocycles. The minimum absolute atomic E-state index is 0.465. The van der Waals surface area contributed by atoms with Crippen molar-refractivity contribution in [2.75, 3.05) is 0 Å². The van der Waals surface area contributed by atoms with Crippen molar-refractivity contribution in [3.63, 3.8) is 0 Å². The number of carboxylic acids is 1. The molecule has 0 radical (unpaired) electrons. The first-order chi connectivity index (χ1) is 9.56. The molecule has 0 spiro atoms. The molecule has 0 bridgehead atoms. The number of rotatable bonds is 6. The van der Waals surface area contributed by atoms with Gasteiger partial charge in [0.2, 0.25) is 0 Å². The molecule has 0 aliphatic rings. The number of aliphatic carboxylic acids is 1. The van der Waals surface area contributed by atoms with E-state index in [9.17, 15) is 4.79 Å². The van der Waals surface area contributed by atoms with Gasteiger partial charge in [0.25, 0.3) is 0 Å². The minimum atomic E-state index is -0.799. The van der Waals surface area contributed by atoms with E-state index in [2.05, 4.69) is 10.4 Å². The molecular formula is C15H19N3O2. The molecule has 106 valence electrons. The molecule has 0 aliphatic carbocycles. The van der Waals surface area contributed by atoms with Crippen LogP contribution in [0.25, 0.3) is 0 Å². The number of carboxylic acid groups (broad SMARTS) is 1. The first kappa shape index (κ1) is 14.3. The highest BCUT2D eigenvalue weighted by atomic mass is 16.4. The molecule has 1 aromatic heterocycles. The maximum absolute atomic E-state index is 10.9. The summed E-state index contributed by atoms with van der Waals surface area (Å²) in [5.74, 6) is -1.26. The minimum Gasteiger partial charge on any atom is -0.481 e. The van der Waals surface area contributed by atoms with Gasteiger partial charge in [0, 0.05) is 31.9 Å². The quantitative estimate of drug-likeness (QED) is 0.843. The number of hydrogen-bond acceptors (Lipinski definition) is 3. The van der Waals surface area contributed by atoms with Crippen molar-refractivity contribution in [1.29, 1.82) is 0 Å². The molecule has 0 aliphatic heterocycles. The maximum atomic E-state index is 10.9. The third-order valence-electron chi connectivity index (χ3n) is 3.27. The van der Waals surface area contributed by atoms with Gasteiger partial charge >= 0.3 is 5.97 Å². The number of nitrogens with zero attached hydrogens (tertiary/aromatic N) is 2. The average Bonchev–Trinajstić information content (AvgIpc) is 2.84. The number of benzene rings is 1. The second-order valence-electron chi connectivity index (χ2n) is 4.93. The lowest BCUT2D eigenvalue weighted by Gasteiger charge is -2.08. The van der Waals surface area contributed by atoms with E-state index in [0.717, 1.165) is 29.8 Å². The van der Waals surface area contributed by atoms with Crippen LogP contribution in [0.2, 0.25) is 0 Å². The molecule has 5 nitrogen and oxygen atoms in total.